The first-order valence-electron chi connectivity index (χ1n) is 21.5. The summed E-state index contributed by atoms with van der Waals surface area (Å²) >= 11 is 1.81. The van der Waals surface area contributed by atoms with Crippen molar-refractivity contribution in [2.24, 2.45) is 0 Å². The molecule has 1 fully saturated rings. The summed E-state index contributed by atoms with van der Waals surface area (Å²) in [5.41, 5.74) is 2.97. The number of benzene rings is 2. The number of carbonyl (C=O) groups excluding carboxylic acids is 2. The van der Waals surface area contributed by atoms with Crippen LogP contribution in [0.3, 0.4) is 0 Å². The highest BCUT2D eigenvalue weighted by Crippen LogP contribution is 2.33. The molecule has 0 bridgehead atoms. The molecule has 0 radical (unpaired) electrons. The third-order valence-corrected chi connectivity index (χ3v) is 12.1. The number of unbranched alkanes of at least 4 members (excludes halogenated alkanes) is 16. The fourth-order valence-electron chi connectivity index (χ4n) is 7.84. The summed E-state index contributed by atoms with van der Waals surface area (Å²) in [5, 5.41) is 4.74. The number of amides is 2. The molecule has 1 aromatic heterocycles. The summed E-state index contributed by atoms with van der Waals surface area (Å²) in [6.07, 6.45) is 23.6. The average Bonchev–Trinajstić information content (AvgIpc) is 3.68. The van der Waals surface area contributed by atoms with E-state index in [0.717, 1.165) is 64.0 Å². The fourth-order valence-corrected chi connectivity index (χ4v) is 8.65. The van der Waals surface area contributed by atoms with Crippen LogP contribution in [0.5, 0.6) is 5.75 Å². The first-order chi connectivity index (χ1) is 26.5. The highest BCUT2D eigenvalue weighted by atomic mass is 32.1. The van der Waals surface area contributed by atoms with E-state index in [0.29, 0.717) is 37.4 Å². The lowest BCUT2D eigenvalue weighted by Gasteiger charge is -2.36. The van der Waals surface area contributed by atoms with Crippen LogP contribution in [0.15, 0.2) is 47.8 Å². The molecule has 8 nitrogen and oxygen atoms in total. The molecule has 9 heteroatoms. The van der Waals surface area contributed by atoms with Crippen molar-refractivity contribution in [1.29, 1.82) is 0 Å². The van der Waals surface area contributed by atoms with Gasteiger partial charge in [0.15, 0.2) is 0 Å². The topological polar surface area (TPSA) is 65.6 Å². The zero-order valence-corrected chi connectivity index (χ0v) is 34.4. The lowest BCUT2D eigenvalue weighted by Crippen LogP contribution is -2.46. The van der Waals surface area contributed by atoms with Crippen LogP contribution in [0.25, 0.3) is 10.1 Å². The number of fused-ring (bicyclic) bond motifs is 2. The van der Waals surface area contributed by atoms with Gasteiger partial charge in [0.1, 0.15) is 5.75 Å². The number of aryl methyl sites for hydroxylation is 1. The summed E-state index contributed by atoms with van der Waals surface area (Å²) in [6.45, 7) is 8.82. The van der Waals surface area contributed by atoms with E-state index >= 15 is 0 Å². The van der Waals surface area contributed by atoms with E-state index in [1.165, 1.54) is 111 Å². The molecule has 2 aliphatic rings. The van der Waals surface area contributed by atoms with Crippen LogP contribution >= 0.6 is 11.3 Å². The second-order valence-electron chi connectivity index (χ2n) is 15.6. The Morgan fingerprint density at radius 1 is 0.741 bits per heavy atom. The van der Waals surface area contributed by atoms with Crippen LogP contribution in [0, 0.1) is 0 Å². The molecule has 298 valence electrons. The third-order valence-electron chi connectivity index (χ3n) is 11.3. The van der Waals surface area contributed by atoms with Crippen molar-refractivity contribution in [3.63, 3.8) is 0 Å². The number of ether oxygens (including phenoxy) is 1. The van der Waals surface area contributed by atoms with E-state index in [4.69, 9.17) is 9.57 Å². The van der Waals surface area contributed by atoms with E-state index in [-0.39, 0.29) is 5.91 Å². The number of anilines is 2. The average molecular weight is 761 g/mol. The van der Waals surface area contributed by atoms with Crippen molar-refractivity contribution >= 4 is 44.8 Å². The molecule has 3 aromatic rings. The van der Waals surface area contributed by atoms with Gasteiger partial charge in [-0.05, 0) is 67.4 Å². The van der Waals surface area contributed by atoms with Crippen molar-refractivity contribution in [1.82, 2.24) is 9.80 Å². The lowest BCUT2D eigenvalue weighted by molar-refractivity contribution is -0.124. The number of hydrogen-bond acceptors (Lipinski definition) is 7. The minimum Gasteiger partial charge on any atom is -0.494 e. The quantitative estimate of drug-likeness (QED) is 0.0801. The van der Waals surface area contributed by atoms with Crippen molar-refractivity contribution in [3.8, 4) is 5.75 Å². The van der Waals surface area contributed by atoms with E-state index in [1.807, 2.05) is 29.5 Å². The Morgan fingerprint density at radius 2 is 1.41 bits per heavy atom. The summed E-state index contributed by atoms with van der Waals surface area (Å²) in [5.74, 6) is 0.498. The van der Waals surface area contributed by atoms with Gasteiger partial charge in [0.25, 0.3) is 5.91 Å². The minimum atomic E-state index is -0.493. The summed E-state index contributed by atoms with van der Waals surface area (Å²) in [6, 6.07) is 14.7. The normalized spacial score (nSPS) is 14.8. The summed E-state index contributed by atoms with van der Waals surface area (Å²) < 4.78 is 7.49. The van der Waals surface area contributed by atoms with Crippen molar-refractivity contribution < 1.29 is 19.2 Å². The molecule has 0 saturated carbocycles. The number of hydrogen-bond donors (Lipinski definition) is 0. The lowest BCUT2D eigenvalue weighted by atomic mass is 10.0. The molecule has 3 heterocycles. The van der Waals surface area contributed by atoms with Gasteiger partial charge in [-0.3, -0.25) is 9.69 Å². The van der Waals surface area contributed by atoms with Gasteiger partial charge in [-0.1, -0.05) is 115 Å². The van der Waals surface area contributed by atoms with E-state index < -0.39 is 6.09 Å². The van der Waals surface area contributed by atoms with Gasteiger partial charge in [0, 0.05) is 68.0 Å². The SMILES string of the molecule is CCCCCCCCCCCCCCCCCCN(C)C(=O)ON1C(=O)CCc2ccc(OCCCCN3CCN(c4cccc5sccc45)CC3)cc21. The maximum absolute atomic E-state index is 13.0. The van der Waals surface area contributed by atoms with Crippen LogP contribution in [0.4, 0.5) is 16.2 Å². The highest BCUT2D eigenvalue weighted by molar-refractivity contribution is 7.17. The van der Waals surface area contributed by atoms with Gasteiger partial charge in [0.2, 0.25) is 0 Å². The van der Waals surface area contributed by atoms with E-state index in [9.17, 15) is 9.59 Å². The van der Waals surface area contributed by atoms with Crippen LogP contribution in [-0.4, -0.2) is 74.7 Å². The molecule has 0 N–H and O–H groups in total. The Labute approximate surface area is 330 Å². The molecule has 0 unspecified atom stereocenters. The Morgan fingerprint density at radius 3 is 2.09 bits per heavy atom. The van der Waals surface area contributed by atoms with Gasteiger partial charge < -0.3 is 19.4 Å². The highest BCUT2D eigenvalue weighted by Gasteiger charge is 2.29. The van der Waals surface area contributed by atoms with Gasteiger partial charge in [-0.15, -0.1) is 16.4 Å². The molecule has 1 saturated heterocycles. The second-order valence-corrected chi connectivity index (χ2v) is 16.5. The van der Waals surface area contributed by atoms with E-state index in [1.54, 1.807) is 11.9 Å². The van der Waals surface area contributed by atoms with Crippen molar-refractivity contribution in [2.75, 3.05) is 62.9 Å². The van der Waals surface area contributed by atoms with Gasteiger partial charge in [-0.2, -0.15) is 0 Å². The monoisotopic (exact) mass is 760 g/mol. The number of thiophene rings is 1. The molecule has 2 aromatic carbocycles. The zero-order chi connectivity index (χ0) is 37.8. The first kappa shape index (κ1) is 41.9. The Balaban J connectivity index is 0.917. The number of carbonyl (C=O) groups is 2. The standard InChI is InChI=1S/C45H68N4O4S/c1-3-4-5-6-7-8-9-10-11-12-13-14-15-16-17-18-29-46(2)45(51)53-49-42-37-39(26-24-38(42)25-27-44(49)50)52-35-20-19-30-47-31-33-48(34-32-47)41-22-21-23-43-40(41)28-36-54-43/h21-24,26,28,36-37H,3-20,25,27,29-35H2,1-2H3. The molecular formula is C45H68N4O4S. The predicted octanol–water partition coefficient (Wildman–Crippen LogP) is 11.4. The molecule has 54 heavy (non-hydrogen) atoms. The van der Waals surface area contributed by atoms with Gasteiger partial charge in [0.05, 0.1) is 12.3 Å². The molecular weight excluding hydrogens is 693 g/mol. The number of nitrogens with zero attached hydrogens (tertiary/aromatic N) is 4. The molecule has 2 amide bonds. The number of rotatable bonds is 25. The maximum Gasteiger partial charge on any atom is 0.434 e. The predicted molar refractivity (Wildman–Crippen MR) is 226 cm³/mol. The number of piperazine rings is 1. The largest absolute Gasteiger partial charge is 0.494 e. The van der Waals surface area contributed by atoms with Gasteiger partial charge >= 0.3 is 6.09 Å². The molecule has 5 rings (SSSR count). The van der Waals surface area contributed by atoms with Crippen LogP contribution < -0.4 is 14.7 Å². The summed E-state index contributed by atoms with van der Waals surface area (Å²) in [4.78, 5) is 38.3. The Kier molecular flexibility index (Phi) is 18.3. The second kappa shape index (κ2) is 23.6. The number of hydroxylamine groups is 1. The Hall–Kier alpha value is -3.30. The third kappa shape index (κ3) is 13.5. The maximum atomic E-state index is 13.0. The fraction of sp³-hybridized carbons (Fsp3) is 0.644. The van der Waals surface area contributed by atoms with Crippen molar-refractivity contribution in [2.45, 2.75) is 135 Å². The minimum absolute atomic E-state index is 0.198. The van der Waals surface area contributed by atoms with Crippen LogP contribution in [-0.2, 0) is 16.1 Å². The van der Waals surface area contributed by atoms with Crippen LogP contribution in [0.1, 0.15) is 134 Å². The molecule has 0 spiro atoms. The first-order valence-corrected chi connectivity index (χ1v) is 22.4. The summed E-state index contributed by atoms with van der Waals surface area (Å²) in [7, 11) is 1.76. The van der Waals surface area contributed by atoms with Gasteiger partial charge in [-0.25, -0.2) is 4.79 Å². The zero-order valence-electron chi connectivity index (χ0n) is 33.5. The molecule has 2 aliphatic heterocycles. The van der Waals surface area contributed by atoms with E-state index in [2.05, 4.69) is 46.4 Å². The smallest absolute Gasteiger partial charge is 0.434 e. The molecule has 0 atom stereocenters. The molecule has 0 aliphatic carbocycles. The Bertz CT molecular complexity index is 1540. The van der Waals surface area contributed by atoms with Crippen LogP contribution in [0.2, 0.25) is 0 Å². The van der Waals surface area contributed by atoms with Crippen molar-refractivity contribution in [3.05, 3.63) is 53.4 Å².